The molecule has 0 fully saturated rings. The molecule has 7 heavy (non-hydrogen) atoms. The zero-order valence-corrected chi connectivity index (χ0v) is 4.81. The van der Waals surface area contributed by atoms with Crippen molar-refractivity contribution >= 4 is 0 Å². The van der Waals surface area contributed by atoms with Crippen LogP contribution in [0.15, 0.2) is 0 Å². The third kappa shape index (κ3) is 2.56. The molecule has 0 aliphatic rings. The number of hydrogen-bond donors (Lipinski definition) is 3. The normalized spacial score (nSPS) is 18.9. The van der Waals surface area contributed by atoms with E-state index in [0.717, 1.165) is 0 Å². The summed E-state index contributed by atoms with van der Waals surface area (Å²) in [7, 11) is 1.79. The van der Waals surface area contributed by atoms with E-state index in [1.54, 1.807) is 7.05 Å². The fraction of sp³-hybridized carbons (Fsp3) is 1.00. The molecule has 0 radical (unpaired) electrons. The van der Waals surface area contributed by atoms with E-state index in [2.05, 4.69) is 5.32 Å². The van der Waals surface area contributed by atoms with Crippen molar-refractivity contribution in [1.82, 2.24) is 5.32 Å². The van der Waals surface area contributed by atoms with Crippen LogP contribution in [0, 0.1) is 0 Å². The fourth-order valence-corrected chi connectivity index (χ4v) is 0.263. The molecular formula is C4H13N3. The molecule has 2 unspecified atom stereocenters. The van der Waals surface area contributed by atoms with Gasteiger partial charge in [-0.2, -0.15) is 0 Å². The Bertz CT molecular complexity index is 44.2. The van der Waals surface area contributed by atoms with Gasteiger partial charge in [-0.15, -0.1) is 0 Å². The van der Waals surface area contributed by atoms with Crippen molar-refractivity contribution in [2.75, 3.05) is 7.05 Å². The lowest BCUT2D eigenvalue weighted by molar-refractivity contribution is 0.498. The van der Waals surface area contributed by atoms with Gasteiger partial charge in [0.05, 0.1) is 6.17 Å². The molecule has 0 heterocycles. The van der Waals surface area contributed by atoms with Crippen molar-refractivity contribution in [2.45, 2.75) is 19.1 Å². The third-order valence-corrected chi connectivity index (χ3v) is 0.900. The van der Waals surface area contributed by atoms with E-state index < -0.39 is 0 Å². The predicted octanol–water partition coefficient (Wildman–Crippen LogP) is -1.16. The molecule has 0 bridgehead atoms. The van der Waals surface area contributed by atoms with Crippen LogP contribution in [-0.4, -0.2) is 19.3 Å². The van der Waals surface area contributed by atoms with Gasteiger partial charge in [-0.25, -0.2) is 0 Å². The first-order valence-corrected chi connectivity index (χ1v) is 2.37. The van der Waals surface area contributed by atoms with Gasteiger partial charge in [-0.1, -0.05) is 0 Å². The highest BCUT2D eigenvalue weighted by atomic mass is 15.0. The molecular weight excluding hydrogens is 90.1 g/mol. The summed E-state index contributed by atoms with van der Waals surface area (Å²) in [6.45, 7) is 1.86. The van der Waals surface area contributed by atoms with E-state index in [1.165, 1.54) is 0 Å². The molecule has 0 aromatic heterocycles. The highest BCUT2D eigenvalue weighted by molar-refractivity contribution is 4.65. The molecule has 5 N–H and O–H groups in total. The highest BCUT2D eigenvalue weighted by Crippen LogP contribution is 1.74. The van der Waals surface area contributed by atoms with E-state index in [4.69, 9.17) is 11.5 Å². The van der Waals surface area contributed by atoms with Crippen molar-refractivity contribution in [1.29, 1.82) is 0 Å². The van der Waals surface area contributed by atoms with Gasteiger partial charge in [-0.05, 0) is 14.0 Å². The first-order valence-electron chi connectivity index (χ1n) is 2.37. The maximum Gasteiger partial charge on any atom is 0.0697 e. The first kappa shape index (κ1) is 6.88. The molecule has 0 aliphatic heterocycles. The Kier molecular flexibility index (Phi) is 2.91. The van der Waals surface area contributed by atoms with Crippen LogP contribution in [0.4, 0.5) is 0 Å². The average molecular weight is 103 g/mol. The van der Waals surface area contributed by atoms with Crippen LogP contribution in [0.5, 0.6) is 0 Å². The molecule has 3 nitrogen and oxygen atoms in total. The SMILES string of the molecule is CNC(N)C(C)N. The minimum Gasteiger partial charge on any atom is -0.325 e. The van der Waals surface area contributed by atoms with E-state index in [0.29, 0.717) is 0 Å². The highest BCUT2D eigenvalue weighted by Gasteiger charge is 2.00. The van der Waals surface area contributed by atoms with Gasteiger partial charge in [0, 0.05) is 6.04 Å². The maximum atomic E-state index is 5.38. The molecule has 0 aliphatic carbocycles. The summed E-state index contributed by atoms with van der Waals surface area (Å²) in [6.07, 6.45) is -0.0694. The molecule has 0 spiro atoms. The lowest BCUT2D eigenvalue weighted by Gasteiger charge is -2.12. The standard InChI is InChI=1S/C4H13N3/c1-3(5)4(6)7-2/h3-4,7H,5-6H2,1-2H3. The van der Waals surface area contributed by atoms with E-state index in [9.17, 15) is 0 Å². The van der Waals surface area contributed by atoms with Gasteiger partial charge < -0.3 is 16.8 Å². The Morgan fingerprint density at radius 3 is 1.86 bits per heavy atom. The van der Waals surface area contributed by atoms with E-state index in [-0.39, 0.29) is 12.2 Å². The van der Waals surface area contributed by atoms with Crippen molar-refractivity contribution < 1.29 is 0 Å². The quantitative estimate of drug-likeness (QED) is 0.386. The van der Waals surface area contributed by atoms with Gasteiger partial charge in [0.15, 0.2) is 0 Å². The predicted molar refractivity (Wildman–Crippen MR) is 30.7 cm³/mol. The van der Waals surface area contributed by atoms with Crippen LogP contribution in [0.25, 0.3) is 0 Å². The molecule has 0 amide bonds. The number of nitrogens with two attached hydrogens (primary N) is 2. The van der Waals surface area contributed by atoms with Crippen LogP contribution < -0.4 is 16.8 Å². The molecule has 0 aromatic carbocycles. The van der Waals surface area contributed by atoms with E-state index >= 15 is 0 Å². The molecule has 3 heteroatoms. The van der Waals surface area contributed by atoms with Crippen molar-refractivity contribution in [2.24, 2.45) is 11.5 Å². The maximum absolute atomic E-state index is 5.38. The summed E-state index contributed by atoms with van der Waals surface area (Å²) in [4.78, 5) is 0. The van der Waals surface area contributed by atoms with Gasteiger partial charge in [0.25, 0.3) is 0 Å². The molecule has 0 rings (SSSR count). The number of hydrogen-bond acceptors (Lipinski definition) is 3. The second kappa shape index (κ2) is 2.96. The van der Waals surface area contributed by atoms with Gasteiger partial charge in [0.2, 0.25) is 0 Å². The number of rotatable bonds is 2. The summed E-state index contributed by atoms with van der Waals surface area (Å²) in [6, 6.07) is 0.0324. The summed E-state index contributed by atoms with van der Waals surface area (Å²) in [5.41, 5.74) is 10.7. The summed E-state index contributed by atoms with van der Waals surface area (Å²) in [5.74, 6) is 0. The molecule has 0 aromatic rings. The average Bonchev–Trinajstić information content (AvgIpc) is 1.65. The molecule has 2 atom stereocenters. The van der Waals surface area contributed by atoms with Crippen molar-refractivity contribution in [3.8, 4) is 0 Å². The summed E-state index contributed by atoms with van der Waals surface area (Å²) < 4.78 is 0. The lowest BCUT2D eigenvalue weighted by Crippen LogP contribution is -2.48. The Labute approximate surface area is 44.1 Å². The van der Waals surface area contributed by atoms with Crippen LogP contribution in [0.1, 0.15) is 6.92 Å². The minimum atomic E-state index is -0.0694. The minimum absolute atomic E-state index is 0.0324. The zero-order chi connectivity index (χ0) is 5.86. The Hall–Kier alpha value is -0.120. The van der Waals surface area contributed by atoms with Crippen LogP contribution in [0.3, 0.4) is 0 Å². The van der Waals surface area contributed by atoms with Gasteiger partial charge in [-0.3, -0.25) is 0 Å². The van der Waals surface area contributed by atoms with Crippen LogP contribution in [-0.2, 0) is 0 Å². The monoisotopic (exact) mass is 103 g/mol. The molecule has 0 saturated carbocycles. The van der Waals surface area contributed by atoms with E-state index in [1.807, 2.05) is 6.92 Å². The fourth-order valence-electron chi connectivity index (χ4n) is 0.263. The second-order valence-corrected chi connectivity index (χ2v) is 1.67. The zero-order valence-electron chi connectivity index (χ0n) is 4.81. The van der Waals surface area contributed by atoms with Gasteiger partial charge >= 0.3 is 0 Å². The van der Waals surface area contributed by atoms with Gasteiger partial charge in [0.1, 0.15) is 0 Å². The van der Waals surface area contributed by atoms with Crippen LogP contribution >= 0.6 is 0 Å². The largest absolute Gasteiger partial charge is 0.325 e. The third-order valence-electron chi connectivity index (χ3n) is 0.900. The summed E-state index contributed by atoms with van der Waals surface area (Å²) >= 11 is 0. The van der Waals surface area contributed by atoms with Crippen LogP contribution in [0.2, 0.25) is 0 Å². The number of likely N-dealkylation sites (N-methyl/N-ethyl adjacent to an activating group) is 1. The smallest absolute Gasteiger partial charge is 0.0697 e. The lowest BCUT2D eigenvalue weighted by atomic mass is 10.3. The number of nitrogens with one attached hydrogen (secondary N) is 1. The molecule has 44 valence electrons. The second-order valence-electron chi connectivity index (χ2n) is 1.67. The molecule has 0 saturated heterocycles. The first-order chi connectivity index (χ1) is 3.18. The van der Waals surface area contributed by atoms with Crippen molar-refractivity contribution in [3.63, 3.8) is 0 Å². The Morgan fingerprint density at radius 2 is 1.86 bits per heavy atom. The topological polar surface area (TPSA) is 64.1 Å². The Morgan fingerprint density at radius 1 is 1.43 bits per heavy atom. The van der Waals surface area contributed by atoms with Crippen molar-refractivity contribution in [3.05, 3.63) is 0 Å². The Balaban J connectivity index is 3.14. The summed E-state index contributed by atoms with van der Waals surface area (Å²) in [5, 5.41) is 2.82.